The summed E-state index contributed by atoms with van der Waals surface area (Å²) in [7, 11) is 3.29. The smallest absolute Gasteiger partial charge is 0.327 e. The van der Waals surface area contributed by atoms with Crippen LogP contribution in [0, 0.1) is 0 Å². The number of amides is 3. The second-order valence-electron chi connectivity index (χ2n) is 6.97. The first kappa shape index (κ1) is 21.2. The third-order valence-corrected chi connectivity index (χ3v) is 7.68. The van der Waals surface area contributed by atoms with Crippen LogP contribution in [0.4, 0.5) is 4.79 Å². The number of benzene rings is 1. The zero-order valence-electron chi connectivity index (χ0n) is 17.1. The molecule has 0 aliphatic carbocycles. The van der Waals surface area contributed by atoms with Gasteiger partial charge in [0, 0.05) is 27.2 Å². The summed E-state index contributed by atoms with van der Waals surface area (Å²) in [6.45, 7) is 0.189. The van der Waals surface area contributed by atoms with Crippen molar-refractivity contribution in [3.63, 3.8) is 0 Å². The molecule has 3 rings (SSSR count). The summed E-state index contributed by atoms with van der Waals surface area (Å²) in [4.78, 5) is 27.2. The van der Waals surface area contributed by atoms with Crippen LogP contribution >= 0.6 is 0 Å². The van der Waals surface area contributed by atoms with Gasteiger partial charge in [0.1, 0.15) is 10.4 Å². The van der Waals surface area contributed by atoms with Gasteiger partial charge in [-0.15, -0.1) is 0 Å². The SMILES string of the molecule is COc1ccc(S(=O)(=O)N2CCC3(CC2)C(=O)N(C)C(=O)N3C)c(OC)c1OC. The molecule has 0 unspecified atom stereocenters. The van der Waals surface area contributed by atoms with Gasteiger partial charge in [-0.1, -0.05) is 0 Å². The van der Waals surface area contributed by atoms with Gasteiger partial charge in [-0.3, -0.25) is 9.69 Å². The third kappa shape index (κ3) is 2.99. The standard InChI is InChI=1S/C18H25N3O7S/c1-19-16(22)18(20(2)17(19)23)8-10-21(11-9-18)29(24,25)13-7-6-12(26-3)14(27-4)15(13)28-5/h6-7H,8-11H2,1-5H3. The Morgan fingerprint density at radius 3 is 1.97 bits per heavy atom. The number of piperidine rings is 1. The van der Waals surface area contributed by atoms with E-state index in [0.29, 0.717) is 5.75 Å². The molecule has 0 saturated carbocycles. The van der Waals surface area contributed by atoms with E-state index >= 15 is 0 Å². The number of hydrogen-bond acceptors (Lipinski definition) is 7. The normalized spacial score (nSPS) is 19.8. The molecule has 2 saturated heterocycles. The summed E-state index contributed by atoms with van der Waals surface area (Å²) in [5.74, 6) is 0.282. The maximum absolute atomic E-state index is 13.3. The average Bonchev–Trinajstić information content (AvgIpc) is 2.88. The Hall–Kier alpha value is -2.53. The molecule has 0 atom stereocenters. The molecule has 2 aliphatic heterocycles. The third-order valence-electron chi connectivity index (χ3n) is 5.75. The number of nitrogens with zero attached hydrogens (tertiary/aromatic N) is 3. The number of likely N-dealkylation sites (N-methyl/N-ethyl adjacent to an activating group) is 2. The van der Waals surface area contributed by atoms with Crippen LogP contribution in [0.5, 0.6) is 17.2 Å². The molecule has 0 bridgehead atoms. The molecular formula is C18H25N3O7S. The molecule has 0 aromatic heterocycles. The van der Waals surface area contributed by atoms with Crippen molar-refractivity contribution < 1.29 is 32.2 Å². The molecule has 0 radical (unpaired) electrons. The Kier molecular flexibility index (Phi) is 5.39. The summed E-state index contributed by atoms with van der Waals surface area (Å²) in [6.07, 6.45) is 0.431. The fourth-order valence-electron chi connectivity index (χ4n) is 4.01. The van der Waals surface area contributed by atoms with Gasteiger partial charge >= 0.3 is 6.03 Å². The zero-order valence-corrected chi connectivity index (χ0v) is 17.9. The second-order valence-corrected chi connectivity index (χ2v) is 8.88. The number of rotatable bonds is 5. The molecule has 29 heavy (non-hydrogen) atoms. The van der Waals surface area contributed by atoms with Gasteiger partial charge in [-0.2, -0.15) is 4.31 Å². The van der Waals surface area contributed by atoms with E-state index in [2.05, 4.69) is 0 Å². The van der Waals surface area contributed by atoms with E-state index in [1.54, 1.807) is 7.05 Å². The van der Waals surface area contributed by atoms with E-state index in [9.17, 15) is 18.0 Å². The minimum Gasteiger partial charge on any atom is -0.493 e. The number of hydrogen-bond donors (Lipinski definition) is 0. The molecular weight excluding hydrogens is 402 g/mol. The molecule has 2 heterocycles. The van der Waals surface area contributed by atoms with E-state index < -0.39 is 15.6 Å². The molecule has 1 aromatic carbocycles. The van der Waals surface area contributed by atoms with Gasteiger partial charge in [0.05, 0.1) is 21.3 Å². The molecule has 160 valence electrons. The average molecular weight is 427 g/mol. The molecule has 10 nitrogen and oxygen atoms in total. The monoisotopic (exact) mass is 427 g/mol. The number of methoxy groups -OCH3 is 3. The van der Waals surface area contributed by atoms with Crippen molar-refractivity contribution in [3.05, 3.63) is 12.1 Å². The summed E-state index contributed by atoms with van der Waals surface area (Å²) >= 11 is 0. The lowest BCUT2D eigenvalue weighted by molar-refractivity contribution is -0.133. The number of carbonyl (C=O) groups excluding carboxylic acids is 2. The summed E-state index contributed by atoms with van der Waals surface area (Å²) < 4.78 is 43.7. The quantitative estimate of drug-likeness (QED) is 0.639. The molecule has 1 spiro atoms. The van der Waals surface area contributed by atoms with E-state index in [0.717, 1.165) is 4.90 Å². The van der Waals surface area contributed by atoms with E-state index in [1.807, 2.05) is 0 Å². The highest BCUT2D eigenvalue weighted by atomic mass is 32.2. The molecule has 2 aliphatic rings. The summed E-state index contributed by atoms with van der Waals surface area (Å²) in [6, 6.07) is 2.53. The van der Waals surface area contributed by atoms with Gasteiger partial charge in [0.15, 0.2) is 11.5 Å². The first-order valence-electron chi connectivity index (χ1n) is 9.00. The van der Waals surface area contributed by atoms with Crippen molar-refractivity contribution in [3.8, 4) is 17.2 Å². The Balaban J connectivity index is 1.92. The van der Waals surface area contributed by atoms with Crippen molar-refractivity contribution >= 4 is 22.0 Å². The van der Waals surface area contributed by atoms with Gasteiger partial charge in [0.25, 0.3) is 5.91 Å². The van der Waals surface area contributed by atoms with Crippen LogP contribution in [-0.2, 0) is 14.8 Å². The number of ether oxygens (including phenoxy) is 3. The number of carbonyl (C=O) groups is 2. The number of sulfonamides is 1. The first-order chi connectivity index (χ1) is 13.7. The highest BCUT2D eigenvalue weighted by molar-refractivity contribution is 7.89. The van der Waals surface area contributed by atoms with Crippen LogP contribution in [0.25, 0.3) is 0 Å². The molecule has 2 fully saturated rings. The predicted octanol–water partition coefficient (Wildman–Crippen LogP) is 0.760. The summed E-state index contributed by atoms with van der Waals surface area (Å²) in [5.41, 5.74) is -1.00. The van der Waals surface area contributed by atoms with Crippen molar-refractivity contribution in [1.29, 1.82) is 0 Å². The van der Waals surface area contributed by atoms with Crippen molar-refractivity contribution in [2.45, 2.75) is 23.3 Å². The van der Waals surface area contributed by atoms with Crippen molar-refractivity contribution in [1.82, 2.24) is 14.1 Å². The fraction of sp³-hybridized carbons (Fsp3) is 0.556. The topological polar surface area (TPSA) is 106 Å². The van der Waals surface area contributed by atoms with Crippen LogP contribution in [0.1, 0.15) is 12.8 Å². The van der Waals surface area contributed by atoms with E-state index in [-0.39, 0.29) is 54.3 Å². The maximum Gasteiger partial charge on any atom is 0.327 e. The zero-order chi connectivity index (χ0) is 21.6. The Morgan fingerprint density at radius 1 is 0.931 bits per heavy atom. The van der Waals surface area contributed by atoms with Crippen LogP contribution < -0.4 is 14.2 Å². The lowest BCUT2D eigenvalue weighted by atomic mass is 9.87. The van der Waals surface area contributed by atoms with E-state index in [4.69, 9.17) is 14.2 Å². The molecule has 11 heteroatoms. The van der Waals surface area contributed by atoms with E-state index in [1.165, 1.54) is 49.7 Å². The van der Waals surface area contributed by atoms with Gasteiger partial charge < -0.3 is 19.1 Å². The van der Waals surface area contributed by atoms with Gasteiger partial charge in [0.2, 0.25) is 15.8 Å². The largest absolute Gasteiger partial charge is 0.493 e. The highest BCUT2D eigenvalue weighted by Crippen LogP contribution is 2.44. The number of imide groups is 1. The predicted molar refractivity (Wildman–Crippen MR) is 103 cm³/mol. The molecule has 3 amide bonds. The minimum absolute atomic E-state index is 0.0482. The van der Waals surface area contributed by atoms with Crippen LogP contribution in [0.3, 0.4) is 0 Å². The second kappa shape index (κ2) is 7.38. The summed E-state index contributed by atoms with van der Waals surface area (Å²) in [5, 5.41) is 0. The van der Waals surface area contributed by atoms with Crippen LogP contribution in [0.2, 0.25) is 0 Å². The number of urea groups is 1. The lowest BCUT2D eigenvalue weighted by Gasteiger charge is -2.40. The first-order valence-corrected chi connectivity index (χ1v) is 10.4. The van der Waals surface area contributed by atoms with Gasteiger partial charge in [-0.25, -0.2) is 13.2 Å². The maximum atomic E-state index is 13.3. The lowest BCUT2D eigenvalue weighted by Crippen LogP contribution is -2.56. The Bertz CT molecular complexity index is 939. The Morgan fingerprint density at radius 2 is 1.52 bits per heavy atom. The van der Waals surface area contributed by atoms with Gasteiger partial charge in [-0.05, 0) is 25.0 Å². The van der Waals surface area contributed by atoms with Crippen LogP contribution in [-0.4, -0.2) is 88.5 Å². The Labute approximate surface area is 170 Å². The highest BCUT2D eigenvalue weighted by Gasteiger charge is 2.56. The minimum atomic E-state index is -3.93. The van der Waals surface area contributed by atoms with Crippen molar-refractivity contribution in [2.75, 3.05) is 48.5 Å². The molecule has 0 N–H and O–H groups in total. The van der Waals surface area contributed by atoms with Crippen LogP contribution in [0.15, 0.2) is 17.0 Å². The fourth-order valence-corrected chi connectivity index (χ4v) is 5.60. The molecule has 1 aromatic rings. The van der Waals surface area contributed by atoms with Crippen molar-refractivity contribution in [2.24, 2.45) is 0 Å².